The molecule has 0 aliphatic heterocycles. The fourth-order valence-corrected chi connectivity index (χ4v) is 2.47. The van der Waals surface area contributed by atoms with Crippen molar-refractivity contribution >= 4 is 35.6 Å². The molecule has 0 spiro atoms. The highest BCUT2D eigenvalue weighted by molar-refractivity contribution is 8.22. The lowest BCUT2D eigenvalue weighted by Crippen LogP contribution is -1.97. The third-order valence-electron chi connectivity index (χ3n) is 1.91. The van der Waals surface area contributed by atoms with Crippen molar-refractivity contribution in [2.45, 2.75) is 6.92 Å². The molecule has 0 atom stereocenters. The van der Waals surface area contributed by atoms with Gasteiger partial charge in [0.15, 0.2) is 0 Å². The quantitative estimate of drug-likeness (QED) is 0.599. The summed E-state index contributed by atoms with van der Waals surface area (Å²) in [6, 6.07) is 4.04. The Morgan fingerprint density at radius 2 is 2.38 bits per heavy atom. The Kier molecular flexibility index (Phi) is 5.55. The maximum absolute atomic E-state index is 10.6. The van der Waals surface area contributed by atoms with E-state index in [0.29, 0.717) is 5.94 Å². The van der Waals surface area contributed by atoms with Gasteiger partial charge >= 0.3 is 5.97 Å². The van der Waals surface area contributed by atoms with E-state index in [1.807, 2.05) is 36.2 Å². The molecule has 0 N–H and O–H groups in total. The van der Waals surface area contributed by atoms with Gasteiger partial charge in [-0.1, -0.05) is 11.8 Å². The molecule has 0 amide bonds. The Labute approximate surface area is 104 Å². The first-order valence-electron chi connectivity index (χ1n) is 4.76. The number of ether oxygens (including phenoxy) is 1. The predicted octanol–water partition coefficient (Wildman–Crippen LogP) is 2.94. The summed E-state index contributed by atoms with van der Waals surface area (Å²) in [5.41, 5.74) is 1.14. The maximum atomic E-state index is 10.6. The lowest BCUT2D eigenvalue weighted by Gasteiger charge is -2.05. The number of aryl methyl sites for hydroxylation is 1. The van der Waals surface area contributed by atoms with Gasteiger partial charge in [0.2, 0.25) is 0 Å². The van der Waals surface area contributed by atoms with Gasteiger partial charge in [0.1, 0.15) is 5.94 Å². The van der Waals surface area contributed by atoms with Gasteiger partial charge in [0.05, 0.1) is 0 Å². The van der Waals surface area contributed by atoms with Crippen LogP contribution in [0.15, 0.2) is 22.6 Å². The lowest BCUT2D eigenvalue weighted by atomic mass is 10.4. The van der Waals surface area contributed by atoms with E-state index in [2.05, 4.69) is 6.08 Å². The van der Waals surface area contributed by atoms with Crippen LogP contribution in [0.3, 0.4) is 0 Å². The van der Waals surface area contributed by atoms with Crippen molar-refractivity contribution in [2.75, 3.05) is 12.2 Å². The molecular formula is C11H15NO2S2. The van der Waals surface area contributed by atoms with Gasteiger partial charge in [0.25, 0.3) is 0 Å². The number of carbonyl (C=O) groups is 1. The molecule has 1 heterocycles. The highest BCUT2D eigenvalue weighted by Gasteiger charge is 2.01. The van der Waals surface area contributed by atoms with Crippen LogP contribution in [0.25, 0.3) is 6.08 Å². The highest BCUT2D eigenvalue weighted by atomic mass is 32.2. The highest BCUT2D eigenvalue weighted by Crippen LogP contribution is 2.28. The summed E-state index contributed by atoms with van der Waals surface area (Å²) in [7, 11) is 2.00. The van der Waals surface area contributed by atoms with Crippen LogP contribution in [0.2, 0.25) is 0 Å². The van der Waals surface area contributed by atoms with Crippen molar-refractivity contribution in [1.29, 1.82) is 0 Å². The van der Waals surface area contributed by atoms with Gasteiger partial charge in [-0.2, -0.15) is 0 Å². The van der Waals surface area contributed by atoms with E-state index in [9.17, 15) is 4.79 Å². The maximum Gasteiger partial charge on any atom is 0.303 e. The van der Waals surface area contributed by atoms with Gasteiger partial charge in [-0.05, 0) is 24.5 Å². The summed E-state index contributed by atoms with van der Waals surface area (Å²) in [5, 5.41) is 0. The van der Waals surface area contributed by atoms with Crippen LogP contribution in [0.5, 0.6) is 0 Å². The number of nitrogens with zero attached hydrogens (tertiary/aromatic N) is 1. The van der Waals surface area contributed by atoms with Crippen LogP contribution in [-0.4, -0.2) is 22.7 Å². The fourth-order valence-electron chi connectivity index (χ4n) is 1.08. The molecule has 5 heteroatoms. The van der Waals surface area contributed by atoms with E-state index in [-0.39, 0.29) is 5.97 Å². The largest absolute Gasteiger partial charge is 0.454 e. The van der Waals surface area contributed by atoms with Crippen LogP contribution in [0.1, 0.15) is 12.6 Å². The molecule has 1 rings (SSSR count). The standard InChI is InChI=1S/C11H15NO2S2/c1-9(13)14-8-16-11(15-3)7-10-5-4-6-12(10)2/h4-7H,8H2,1-3H3. The second-order valence-electron chi connectivity index (χ2n) is 3.11. The molecule has 0 saturated heterocycles. The number of rotatable bonds is 5. The molecule has 0 aliphatic rings. The van der Waals surface area contributed by atoms with Crippen LogP contribution >= 0.6 is 23.5 Å². The Hall–Kier alpha value is -0.810. The van der Waals surface area contributed by atoms with Crippen molar-refractivity contribution in [3.63, 3.8) is 0 Å². The topological polar surface area (TPSA) is 31.2 Å². The van der Waals surface area contributed by atoms with E-state index in [1.165, 1.54) is 18.7 Å². The SMILES string of the molecule is CSC(=Cc1cccn1C)SCOC(C)=O. The molecule has 3 nitrogen and oxygen atoms in total. The third kappa shape index (κ3) is 4.37. The Balaban J connectivity index is 2.57. The lowest BCUT2D eigenvalue weighted by molar-refractivity contribution is -0.138. The fraction of sp³-hybridized carbons (Fsp3) is 0.364. The van der Waals surface area contributed by atoms with Crippen molar-refractivity contribution < 1.29 is 9.53 Å². The van der Waals surface area contributed by atoms with Crippen LogP contribution in [0.4, 0.5) is 0 Å². The Bertz CT molecular complexity index is 385. The average Bonchev–Trinajstić information content (AvgIpc) is 2.62. The molecule has 1 aromatic heterocycles. The average molecular weight is 257 g/mol. The number of hydrogen-bond acceptors (Lipinski definition) is 4. The molecule has 0 fully saturated rings. The molecule has 16 heavy (non-hydrogen) atoms. The first-order chi connectivity index (χ1) is 7.63. The minimum atomic E-state index is -0.244. The van der Waals surface area contributed by atoms with Crippen molar-refractivity contribution in [3.8, 4) is 0 Å². The smallest absolute Gasteiger partial charge is 0.303 e. The molecule has 88 valence electrons. The summed E-state index contributed by atoms with van der Waals surface area (Å²) < 4.78 is 8.06. The number of aromatic nitrogens is 1. The summed E-state index contributed by atoms with van der Waals surface area (Å²) in [5.74, 6) is 0.124. The van der Waals surface area contributed by atoms with E-state index in [4.69, 9.17) is 4.74 Å². The molecular weight excluding hydrogens is 242 g/mol. The van der Waals surface area contributed by atoms with E-state index < -0.39 is 0 Å². The van der Waals surface area contributed by atoms with Crippen LogP contribution in [0, 0.1) is 0 Å². The monoisotopic (exact) mass is 257 g/mol. The van der Waals surface area contributed by atoms with E-state index >= 15 is 0 Å². The number of carbonyl (C=O) groups excluding carboxylic acids is 1. The van der Waals surface area contributed by atoms with Gasteiger partial charge in [-0.3, -0.25) is 4.79 Å². The van der Waals surface area contributed by atoms with Crippen molar-refractivity contribution in [2.24, 2.45) is 7.05 Å². The molecule has 0 saturated carbocycles. The third-order valence-corrected chi connectivity index (χ3v) is 3.93. The van der Waals surface area contributed by atoms with Gasteiger partial charge in [0, 0.05) is 30.1 Å². The van der Waals surface area contributed by atoms with E-state index in [0.717, 1.165) is 9.93 Å². The number of esters is 1. The zero-order valence-corrected chi connectivity index (χ0v) is 11.2. The Morgan fingerprint density at radius 1 is 1.62 bits per heavy atom. The zero-order valence-electron chi connectivity index (χ0n) is 9.60. The second-order valence-corrected chi connectivity index (χ2v) is 5.18. The van der Waals surface area contributed by atoms with Crippen molar-refractivity contribution in [1.82, 2.24) is 4.57 Å². The molecule has 0 bridgehead atoms. The second kappa shape index (κ2) is 6.70. The van der Waals surface area contributed by atoms with Crippen LogP contribution in [-0.2, 0) is 16.6 Å². The molecule has 0 radical (unpaired) electrons. The van der Waals surface area contributed by atoms with E-state index in [1.54, 1.807) is 11.8 Å². The zero-order chi connectivity index (χ0) is 12.0. The minimum Gasteiger partial charge on any atom is -0.454 e. The molecule has 0 aliphatic carbocycles. The van der Waals surface area contributed by atoms with Gasteiger partial charge in [-0.15, -0.1) is 11.8 Å². The van der Waals surface area contributed by atoms with Gasteiger partial charge < -0.3 is 9.30 Å². The molecule has 1 aromatic rings. The molecule has 0 aromatic carbocycles. The first-order valence-corrected chi connectivity index (χ1v) is 6.97. The molecule has 0 unspecified atom stereocenters. The van der Waals surface area contributed by atoms with Crippen LogP contribution < -0.4 is 0 Å². The number of thioether (sulfide) groups is 2. The number of hydrogen-bond donors (Lipinski definition) is 0. The van der Waals surface area contributed by atoms with Gasteiger partial charge in [-0.25, -0.2) is 0 Å². The summed E-state index contributed by atoms with van der Waals surface area (Å²) in [6.45, 7) is 1.42. The first kappa shape index (κ1) is 13.3. The Morgan fingerprint density at radius 3 is 2.88 bits per heavy atom. The summed E-state index contributed by atoms with van der Waals surface area (Å²) in [4.78, 5) is 10.6. The summed E-state index contributed by atoms with van der Waals surface area (Å²) >= 11 is 3.17. The minimum absolute atomic E-state index is 0.244. The van der Waals surface area contributed by atoms with Crippen molar-refractivity contribution in [3.05, 3.63) is 28.3 Å². The normalized spacial score (nSPS) is 11.6. The predicted molar refractivity (Wildman–Crippen MR) is 71.1 cm³/mol. The summed E-state index contributed by atoms with van der Waals surface area (Å²) in [6.07, 6.45) is 6.09.